The summed E-state index contributed by atoms with van der Waals surface area (Å²) in [6.45, 7) is 2.74. The first-order valence-electron chi connectivity index (χ1n) is 7.46. The monoisotopic (exact) mass is 275 g/mol. The molecule has 0 heterocycles. The van der Waals surface area contributed by atoms with Crippen LogP contribution in [-0.2, 0) is 0 Å². The van der Waals surface area contributed by atoms with Gasteiger partial charge in [0.1, 0.15) is 5.84 Å². The highest BCUT2D eigenvalue weighted by Crippen LogP contribution is 2.30. The molecule has 1 aromatic carbocycles. The topological polar surface area (TPSA) is 73.3 Å². The molecule has 0 unspecified atom stereocenters. The SMILES string of the molecule is Cc1ccc(N(CCO)C2CCCCC2)c(C(=N)N)c1. The number of aliphatic hydroxyl groups excluding tert-OH is 1. The Morgan fingerprint density at radius 1 is 1.35 bits per heavy atom. The Kier molecular flexibility index (Phi) is 5.01. The summed E-state index contributed by atoms with van der Waals surface area (Å²) in [7, 11) is 0. The lowest BCUT2D eigenvalue weighted by Crippen LogP contribution is -2.40. The number of aliphatic hydroxyl groups is 1. The van der Waals surface area contributed by atoms with Crippen LogP contribution in [0.1, 0.15) is 43.2 Å². The molecule has 1 aliphatic carbocycles. The maximum atomic E-state index is 9.39. The van der Waals surface area contributed by atoms with Crippen LogP contribution in [0.2, 0.25) is 0 Å². The number of anilines is 1. The van der Waals surface area contributed by atoms with Crippen molar-refractivity contribution in [2.45, 2.75) is 45.1 Å². The number of benzene rings is 1. The second kappa shape index (κ2) is 6.75. The number of rotatable bonds is 5. The molecule has 4 heteroatoms. The Morgan fingerprint density at radius 2 is 2.05 bits per heavy atom. The molecule has 0 bridgehead atoms. The third-order valence-corrected chi connectivity index (χ3v) is 4.11. The average molecular weight is 275 g/mol. The number of hydrogen-bond acceptors (Lipinski definition) is 3. The van der Waals surface area contributed by atoms with Gasteiger partial charge in [0.25, 0.3) is 0 Å². The van der Waals surface area contributed by atoms with E-state index in [2.05, 4.69) is 11.0 Å². The average Bonchev–Trinajstić information content (AvgIpc) is 2.46. The first kappa shape index (κ1) is 14.9. The molecule has 20 heavy (non-hydrogen) atoms. The summed E-state index contributed by atoms with van der Waals surface area (Å²) in [6, 6.07) is 6.51. The van der Waals surface area contributed by atoms with Crippen LogP contribution >= 0.6 is 0 Å². The van der Waals surface area contributed by atoms with E-state index in [1.807, 2.05) is 19.1 Å². The summed E-state index contributed by atoms with van der Waals surface area (Å²) >= 11 is 0. The molecule has 0 aliphatic heterocycles. The van der Waals surface area contributed by atoms with Crippen molar-refractivity contribution in [3.63, 3.8) is 0 Å². The number of amidine groups is 1. The van der Waals surface area contributed by atoms with E-state index in [0.717, 1.165) is 29.7 Å². The van der Waals surface area contributed by atoms with Crippen LogP contribution in [0.25, 0.3) is 0 Å². The zero-order valence-corrected chi connectivity index (χ0v) is 12.2. The van der Waals surface area contributed by atoms with Crippen LogP contribution in [0.3, 0.4) is 0 Å². The maximum Gasteiger partial charge on any atom is 0.124 e. The Bertz CT molecular complexity index is 467. The van der Waals surface area contributed by atoms with Crippen molar-refractivity contribution in [3.8, 4) is 0 Å². The van der Waals surface area contributed by atoms with Gasteiger partial charge in [0.2, 0.25) is 0 Å². The van der Waals surface area contributed by atoms with E-state index in [0.29, 0.717) is 12.6 Å². The molecular weight excluding hydrogens is 250 g/mol. The Hall–Kier alpha value is -1.55. The summed E-state index contributed by atoms with van der Waals surface area (Å²) in [5.74, 6) is 0.0995. The van der Waals surface area contributed by atoms with E-state index in [4.69, 9.17) is 11.1 Å². The molecule has 110 valence electrons. The second-order valence-corrected chi connectivity index (χ2v) is 5.64. The van der Waals surface area contributed by atoms with E-state index in [-0.39, 0.29) is 12.4 Å². The minimum Gasteiger partial charge on any atom is -0.395 e. The number of aryl methyl sites for hydroxylation is 1. The number of hydrogen-bond donors (Lipinski definition) is 3. The minimum absolute atomic E-state index is 0.0995. The van der Waals surface area contributed by atoms with Crippen LogP contribution < -0.4 is 10.6 Å². The Morgan fingerprint density at radius 3 is 2.65 bits per heavy atom. The Balaban J connectivity index is 2.35. The van der Waals surface area contributed by atoms with Gasteiger partial charge in [-0.3, -0.25) is 5.41 Å². The summed E-state index contributed by atoms with van der Waals surface area (Å²) < 4.78 is 0. The highest BCUT2D eigenvalue weighted by molar-refractivity contribution is 6.00. The van der Waals surface area contributed by atoms with Crippen LogP contribution in [0, 0.1) is 12.3 Å². The predicted molar refractivity (Wildman–Crippen MR) is 83.5 cm³/mol. The van der Waals surface area contributed by atoms with Gasteiger partial charge in [0, 0.05) is 23.8 Å². The Labute approximate surface area is 121 Å². The van der Waals surface area contributed by atoms with Gasteiger partial charge in [0.05, 0.1) is 6.61 Å². The summed E-state index contributed by atoms with van der Waals surface area (Å²) in [6.07, 6.45) is 6.11. The van der Waals surface area contributed by atoms with Gasteiger partial charge in [0.15, 0.2) is 0 Å². The third kappa shape index (κ3) is 3.31. The highest BCUT2D eigenvalue weighted by Gasteiger charge is 2.23. The molecular formula is C16H25N3O. The van der Waals surface area contributed by atoms with Crippen molar-refractivity contribution in [2.75, 3.05) is 18.1 Å². The van der Waals surface area contributed by atoms with Crippen molar-refractivity contribution in [1.82, 2.24) is 0 Å². The van der Waals surface area contributed by atoms with Crippen LogP contribution in [-0.4, -0.2) is 30.1 Å². The van der Waals surface area contributed by atoms with E-state index >= 15 is 0 Å². The maximum absolute atomic E-state index is 9.39. The first-order valence-corrected chi connectivity index (χ1v) is 7.46. The van der Waals surface area contributed by atoms with E-state index in [1.54, 1.807) is 0 Å². The van der Waals surface area contributed by atoms with Crippen molar-refractivity contribution in [1.29, 1.82) is 5.41 Å². The van der Waals surface area contributed by atoms with Crippen LogP contribution in [0.4, 0.5) is 5.69 Å². The van der Waals surface area contributed by atoms with Crippen molar-refractivity contribution < 1.29 is 5.11 Å². The molecule has 1 aliphatic rings. The molecule has 0 amide bonds. The summed E-state index contributed by atoms with van der Waals surface area (Å²) in [5, 5.41) is 17.2. The lowest BCUT2D eigenvalue weighted by molar-refractivity contribution is 0.290. The second-order valence-electron chi connectivity index (χ2n) is 5.64. The van der Waals surface area contributed by atoms with Crippen LogP contribution in [0.5, 0.6) is 0 Å². The molecule has 1 aromatic rings. The van der Waals surface area contributed by atoms with Gasteiger partial charge in [-0.1, -0.05) is 30.9 Å². The zero-order valence-electron chi connectivity index (χ0n) is 12.2. The highest BCUT2D eigenvalue weighted by atomic mass is 16.3. The van der Waals surface area contributed by atoms with E-state index < -0.39 is 0 Å². The van der Waals surface area contributed by atoms with Gasteiger partial charge in [-0.2, -0.15) is 0 Å². The molecule has 4 N–H and O–H groups in total. The number of nitrogens with one attached hydrogen (secondary N) is 1. The molecule has 1 saturated carbocycles. The van der Waals surface area contributed by atoms with Crippen molar-refractivity contribution in [3.05, 3.63) is 29.3 Å². The number of nitrogen functional groups attached to an aromatic ring is 1. The van der Waals surface area contributed by atoms with E-state index in [1.165, 1.54) is 19.3 Å². The standard InChI is InChI=1S/C16H25N3O/c1-12-7-8-15(14(11-12)16(17)18)19(9-10-20)13-5-3-2-4-6-13/h7-8,11,13,20H,2-6,9-10H2,1H3,(H3,17,18). The van der Waals surface area contributed by atoms with Crippen LogP contribution in [0.15, 0.2) is 18.2 Å². The molecule has 0 radical (unpaired) electrons. The fourth-order valence-electron chi connectivity index (χ4n) is 3.12. The smallest absolute Gasteiger partial charge is 0.124 e. The number of nitrogens with zero attached hydrogens (tertiary/aromatic N) is 1. The fourth-order valence-corrected chi connectivity index (χ4v) is 3.12. The lowest BCUT2D eigenvalue weighted by Gasteiger charge is -2.37. The molecule has 2 rings (SSSR count). The first-order chi connectivity index (χ1) is 9.63. The fraction of sp³-hybridized carbons (Fsp3) is 0.562. The van der Waals surface area contributed by atoms with Crippen molar-refractivity contribution in [2.24, 2.45) is 5.73 Å². The molecule has 0 atom stereocenters. The molecule has 1 fully saturated rings. The number of nitrogens with two attached hydrogens (primary N) is 1. The largest absolute Gasteiger partial charge is 0.395 e. The lowest BCUT2D eigenvalue weighted by atomic mass is 9.93. The molecule has 4 nitrogen and oxygen atoms in total. The molecule has 0 saturated heterocycles. The minimum atomic E-state index is 0.0995. The summed E-state index contributed by atoms with van der Waals surface area (Å²) in [4.78, 5) is 2.25. The van der Waals surface area contributed by atoms with Gasteiger partial charge >= 0.3 is 0 Å². The molecule has 0 spiro atoms. The molecule has 0 aromatic heterocycles. The van der Waals surface area contributed by atoms with Gasteiger partial charge in [-0.25, -0.2) is 0 Å². The van der Waals surface area contributed by atoms with Gasteiger partial charge in [-0.15, -0.1) is 0 Å². The van der Waals surface area contributed by atoms with Gasteiger partial charge in [-0.05, 0) is 31.9 Å². The quantitative estimate of drug-likeness (QED) is 0.570. The predicted octanol–water partition coefficient (Wildman–Crippen LogP) is 2.41. The normalized spacial score (nSPS) is 16.1. The van der Waals surface area contributed by atoms with E-state index in [9.17, 15) is 5.11 Å². The third-order valence-electron chi connectivity index (χ3n) is 4.11. The van der Waals surface area contributed by atoms with Crippen molar-refractivity contribution >= 4 is 11.5 Å². The zero-order chi connectivity index (χ0) is 14.5. The van der Waals surface area contributed by atoms with Gasteiger partial charge < -0.3 is 15.7 Å². The summed E-state index contributed by atoms with van der Waals surface area (Å²) in [5.41, 5.74) is 8.62.